The summed E-state index contributed by atoms with van der Waals surface area (Å²) in [7, 11) is 3.48. The van der Waals surface area contributed by atoms with E-state index in [4.69, 9.17) is 16.3 Å². The van der Waals surface area contributed by atoms with Gasteiger partial charge in [0, 0.05) is 0 Å². The summed E-state index contributed by atoms with van der Waals surface area (Å²) in [4.78, 5) is -0.508. The van der Waals surface area contributed by atoms with Gasteiger partial charge in [0.25, 0.3) is 0 Å². The maximum absolute atomic E-state index is 6.19. The molecule has 0 aliphatic carbocycles. The summed E-state index contributed by atoms with van der Waals surface area (Å²) in [5.41, 5.74) is 1.03. The van der Waals surface area contributed by atoms with Gasteiger partial charge in [-0.25, -0.2) is 0 Å². The molecular formula is C10H14ClNO. The molecule has 1 N–H and O–H groups in total. The van der Waals surface area contributed by atoms with E-state index in [1.807, 2.05) is 38.2 Å². The molecule has 0 saturated carbocycles. The SMILES string of the molecule is CNC(C)(Cl)c1ccc(OC)cc1. The number of halogens is 1. The maximum Gasteiger partial charge on any atom is 0.118 e. The minimum atomic E-state index is -0.508. The Labute approximate surface area is 83.9 Å². The fourth-order valence-electron chi connectivity index (χ4n) is 1.05. The van der Waals surface area contributed by atoms with Gasteiger partial charge in [0.05, 0.1) is 7.11 Å². The Morgan fingerprint density at radius 3 is 2.23 bits per heavy atom. The van der Waals surface area contributed by atoms with E-state index in [0.717, 1.165) is 11.3 Å². The summed E-state index contributed by atoms with van der Waals surface area (Å²) in [6, 6.07) is 7.69. The minimum Gasteiger partial charge on any atom is -0.497 e. The van der Waals surface area contributed by atoms with Crippen molar-refractivity contribution < 1.29 is 4.74 Å². The van der Waals surface area contributed by atoms with Crippen LogP contribution in [0.4, 0.5) is 0 Å². The Hall–Kier alpha value is -0.730. The maximum atomic E-state index is 6.19. The van der Waals surface area contributed by atoms with Gasteiger partial charge in [-0.15, -0.1) is 0 Å². The molecule has 0 fully saturated rings. The largest absolute Gasteiger partial charge is 0.497 e. The van der Waals surface area contributed by atoms with E-state index in [-0.39, 0.29) is 0 Å². The van der Waals surface area contributed by atoms with E-state index in [0.29, 0.717) is 0 Å². The molecule has 1 unspecified atom stereocenters. The first-order valence-electron chi connectivity index (χ1n) is 4.12. The van der Waals surface area contributed by atoms with E-state index in [1.54, 1.807) is 7.11 Å². The molecule has 13 heavy (non-hydrogen) atoms. The molecular weight excluding hydrogens is 186 g/mol. The molecule has 0 aliphatic rings. The van der Waals surface area contributed by atoms with Gasteiger partial charge in [0.15, 0.2) is 0 Å². The molecule has 0 radical (unpaired) electrons. The predicted molar refractivity (Wildman–Crippen MR) is 55.3 cm³/mol. The van der Waals surface area contributed by atoms with Crippen LogP contribution in [-0.2, 0) is 5.00 Å². The van der Waals surface area contributed by atoms with Crippen LogP contribution in [0.1, 0.15) is 12.5 Å². The Morgan fingerprint density at radius 1 is 1.31 bits per heavy atom. The van der Waals surface area contributed by atoms with Crippen LogP contribution >= 0.6 is 11.6 Å². The molecule has 0 amide bonds. The lowest BCUT2D eigenvalue weighted by molar-refractivity contribution is 0.414. The zero-order chi connectivity index (χ0) is 9.90. The summed E-state index contributed by atoms with van der Waals surface area (Å²) in [6.45, 7) is 1.91. The number of benzene rings is 1. The quantitative estimate of drug-likeness (QED) is 0.596. The molecule has 0 heterocycles. The first-order chi connectivity index (χ1) is 6.10. The first kappa shape index (κ1) is 10.4. The average Bonchev–Trinajstić information content (AvgIpc) is 2.18. The molecule has 0 saturated heterocycles. The molecule has 2 nitrogen and oxygen atoms in total. The fourth-order valence-corrected chi connectivity index (χ4v) is 1.17. The van der Waals surface area contributed by atoms with Crippen LogP contribution in [0.2, 0.25) is 0 Å². The van der Waals surface area contributed by atoms with Crippen molar-refractivity contribution in [3.05, 3.63) is 29.8 Å². The zero-order valence-corrected chi connectivity index (χ0v) is 8.85. The minimum absolute atomic E-state index is 0.508. The third kappa shape index (κ3) is 2.36. The van der Waals surface area contributed by atoms with Gasteiger partial charge in [0.2, 0.25) is 0 Å². The van der Waals surface area contributed by atoms with E-state index in [9.17, 15) is 0 Å². The highest BCUT2D eigenvalue weighted by atomic mass is 35.5. The molecule has 1 atom stereocenters. The van der Waals surface area contributed by atoms with Crippen molar-refractivity contribution >= 4 is 11.6 Å². The summed E-state index contributed by atoms with van der Waals surface area (Å²) < 4.78 is 5.05. The molecule has 1 aromatic rings. The van der Waals surface area contributed by atoms with Crippen molar-refractivity contribution in [2.24, 2.45) is 0 Å². The number of alkyl halides is 1. The van der Waals surface area contributed by atoms with Gasteiger partial charge >= 0.3 is 0 Å². The van der Waals surface area contributed by atoms with Crippen LogP contribution in [-0.4, -0.2) is 14.2 Å². The fraction of sp³-hybridized carbons (Fsp3) is 0.400. The Morgan fingerprint density at radius 2 is 1.85 bits per heavy atom. The summed E-state index contributed by atoms with van der Waals surface area (Å²) >= 11 is 6.19. The second-order valence-electron chi connectivity index (χ2n) is 2.98. The Bertz CT molecular complexity index is 269. The average molecular weight is 200 g/mol. The molecule has 0 aromatic heterocycles. The summed E-state index contributed by atoms with van der Waals surface area (Å²) in [6.07, 6.45) is 0. The number of ether oxygens (including phenoxy) is 1. The van der Waals surface area contributed by atoms with Crippen LogP contribution in [0.3, 0.4) is 0 Å². The molecule has 1 aromatic carbocycles. The summed E-state index contributed by atoms with van der Waals surface area (Å²) in [5, 5.41) is 3.02. The second-order valence-corrected chi connectivity index (χ2v) is 3.74. The number of hydrogen-bond donors (Lipinski definition) is 1. The number of methoxy groups -OCH3 is 1. The van der Waals surface area contributed by atoms with Crippen LogP contribution in [0.15, 0.2) is 24.3 Å². The Balaban J connectivity index is 2.92. The van der Waals surface area contributed by atoms with E-state index < -0.39 is 5.00 Å². The molecule has 72 valence electrons. The van der Waals surface area contributed by atoms with Gasteiger partial charge in [-0.2, -0.15) is 0 Å². The zero-order valence-electron chi connectivity index (χ0n) is 8.10. The molecule has 3 heteroatoms. The number of hydrogen-bond acceptors (Lipinski definition) is 2. The highest BCUT2D eigenvalue weighted by molar-refractivity contribution is 6.23. The van der Waals surface area contributed by atoms with E-state index in [1.165, 1.54) is 0 Å². The highest BCUT2D eigenvalue weighted by Gasteiger charge is 2.19. The lowest BCUT2D eigenvalue weighted by Crippen LogP contribution is -2.30. The predicted octanol–water partition coefficient (Wildman–Crippen LogP) is 2.33. The van der Waals surface area contributed by atoms with Crippen molar-refractivity contribution in [2.45, 2.75) is 11.9 Å². The third-order valence-corrected chi connectivity index (χ3v) is 2.51. The van der Waals surface area contributed by atoms with Crippen molar-refractivity contribution in [1.82, 2.24) is 5.32 Å². The van der Waals surface area contributed by atoms with Gasteiger partial charge < -0.3 is 4.74 Å². The molecule has 1 rings (SSSR count). The molecule has 0 bridgehead atoms. The van der Waals surface area contributed by atoms with Crippen LogP contribution < -0.4 is 10.1 Å². The van der Waals surface area contributed by atoms with Gasteiger partial charge in [0.1, 0.15) is 10.7 Å². The lowest BCUT2D eigenvalue weighted by atomic mass is 10.1. The van der Waals surface area contributed by atoms with Crippen molar-refractivity contribution in [2.75, 3.05) is 14.2 Å². The molecule has 0 aliphatic heterocycles. The second kappa shape index (κ2) is 3.99. The monoisotopic (exact) mass is 199 g/mol. The van der Waals surface area contributed by atoms with Gasteiger partial charge in [-0.3, -0.25) is 5.32 Å². The lowest BCUT2D eigenvalue weighted by Gasteiger charge is -2.21. The number of rotatable bonds is 3. The van der Waals surface area contributed by atoms with Gasteiger partial charge in [-0.1, -0.05) is 23.7 Å². The normalized spacial score (nSPS) is 15.1. The summed E-state index contributed by atoms with van der Waals surface area (Å²) in [5.74, 6) is 0.840. The van der Waals surface area contributed by atoms with Crippen LogP contribution in [0, 0.1) is 0 Å². The van der Waals surface area contributed by atoms with E-state index >= 15 is 0 Å². The van der Waals surface area contributed by atoms with E-state index in [2.05, 4.69) is 5.32 Å². The highest BCUT2D eigenvalue weighted by Crippen LogP contribution is 2.26. The van der Waals surface area contributed by atoms with Crippen LogP contribution in [0.25, 0.3) is 0 Å². The number of nitrogens with one attached hydrogen (secondary N) is 1. The topological polar surface area (TPSA) is 21.3 Å². The van der Waals surface area contributed by atoms with Crippen molar-refractivity contribution in [3.63, 3.8) is 0 Å². The van der Waals surface area contributed by atoms with Crippen LogP contribution in [0.5, 0.6) is 5.75 Å². The van der Waals surface area contributed by atoms with Gasteiger partial charge in [-0.05, 0) is 31.7 Å². The molecule has 0 spiro atoms. The Kier molecular flexibility index (Phi) is 3.17. The van der Waals surface area contributed by atoms with Crippen molar-refractivity contribution in [1.29, 1.82) is 0 Å². The third-order valence-electron chi connectivity index (χ3n) is 2.10. The first-order valence-corrected chi connectivity index (χ1v) is 4.50. The smallest absolute Gasteiger partial charge is 0.118 e. The van der Waals surface area contributed by atoms with Crippen molar-refractivity contribution in [3.8, 4) is 5.75 Å². The standard InChI is InChI=1S/C10H14ClNO/c1-10(11,12-2)8-4-6-9(13-3)7-5-8/h4-7,12H,1-3H3.